The summed E-state index contributed by atoms with van der Waals surface area (Å²) in [6, 6.07) is 0. The van der Waals surface area contributed by atoms with E-state index in [1.54, 1.807) is 0 Å². The van der Waals surface area contributed by atoms with E-state index in [1.165, 1.54) is 38.5 Å². The molecule has 0 amide bonds. The van der Waals surface area contributed by atoms with E-state index in [9.17, 15) is 0 Å². The van der Waals surface area contributed by atoms with Crippen LogP contribution in [0.2, 0.25) is 0 Å². The molecular weight excluding hydrogens is 132 g/mol. The van der Waals surface area contributed by atoms with Gasteiger partial charge in [-0.05, 0) is 30.6 Å². The van der Waals surface area contributed by atoms with E-state index in [4.69, 9.17) is 0 Å². The Hall–Kier alpha value is 0. The second-order valence-electron chi connectivity index (χ2n) is 4.76. The van der Waals surface area contributed by atoms with Crippen molar-refractivity contribution in [3.05, 3.63) is 0 Å². The highest BCUT2D eigenvalue weighted by molar-refractivity contribution is 4.80. The smallest absolute Gasteiger partial charge is 0.0323 e. The van der Waals surface area contributed by atoms with E-state index in [0.717, 1.165) is 5.92 Å². The molecular formula is C11H22. The van der Waals surface area contributed by atoms with E-state index < -0.39 is 0 Å². The molecule has 11 heavy (non-hydrogen) atoms. The van der Waals surface area contributed by atoms with Gasteiger partial charge in [-0.25, -0.2) is 0 Å². The van der Waals surface area contributed by atoms with Gasteiger partial charge in [-0.2, -0.15) is 0 Å². The molecule has 2 atom stereocenters. The van der Waals surface area contributed by atoms with Gasteiger partial charge in [0.1, 0.15) is 0 Å². The quantitative estimate of drug-likeness (QED) is 0.564. The van der Waals surface area contributed by atoms with Crippen LogP contribution in [0, 0.1) is 11.3 Å². The van der Waals surface area contributed by atoms with Crippen LogP contribution >= 0.6 is 0 Å². The predicted molar refractivity (Wildman–Crippen MR) is 50.6 cm³/mol. The summed E-state index contributed by atoms with van der Waals surface area (Å²) in [6.45, 7) is 7.20. The second-order valence-corrected chi connectivity index (χ2v) is 4.76. The molecule has 0 aromatic carbocycles. The fraction of sp³-hybridized carbons (Fsp3) is 1.00. The van der Waals surface area contributed by atoms with E-state index in [1.807, 2.05) is 0 Å². The van der Waals surface area contributed by atoms with Gasteiger partial charge < -0.3 is 0 Å². The molecule has 1 aliphatic rings. The fourth-order valence-corrected chi connectivity index (χ4v) is 2.75. The molecule has 0 unspecified atom stereocenters. The zero-order chi connectivity index (χ0) is 8.32. The minimum atomic E-state index is 0.701. The maximum absolute atomic E-state index is 2.48. The molecule has 0 nitrogen and oxygen atoms in total. The Balaban J connectivity index is 2.41. The third kappa shape index (κ3) is 2.50. The normalized spacial score (nSPS) is 39.0. The highest BCUT2D eigenvalue weighted by atomic mass is 14.3. The Kier molecular flexibility index (Phi) is 2.98. The van der Waals surface area contributed by atoms with Crippen LogP contribution in [-0.4, -0.2) is 0 Å². The summed E-state index contributed by atoms with van der Waals surface area (Å²) >= 11 is 0. The van der Waals surface area contributed by atoms with Crippen molar-refractivity contribution in [2.24, 2.45) is 11.3 Å². The predicted octanol–water partition coefficient (Wildman–Crippen LogP) is 4.00. The molecule has 0 heterocycles. The Labute approximate surface area is 71.4 Å². The number of hydrogen-bond donors (Lipinski definition) is 0. The van der Waals surface area contributed by atoms with Gasteiger partial charge in [0, 0.05) is 0 Å². The van der Waals surface area contributed by atoms with Gasteiger partial charge >= 0.3 is 0 Å². The summed E-state index contributed by atoms with van der Waals surface area (Å²) in [5.74, 6) is 0.986. The van der Waals surface area contributed by atoms with Crippen LogP contribution in [0.4, 0.5) is 0 Å². The minimum absolute atomic E-state index is 0.701. The van der Waals surface area contributed by atoms with Crippen molar-refractivity contribution in [3.63, 3.8) is 0 Å². The van der Waals surface area contributed by atoms with Gasteiger partial charge in [0.15, 0.2) is 0 Å². The molecule has 1 aliphatic carbocycles. The molecule has 0 radical (unpaired) electrons. The van der Waals surface area contributed by atoms with Crippen LogP contribution in [-0.2, 0) is 0 Å². The summed E-state index contributed by atoms with van der Waals surface area (Å²) in [6.07, 6.45) is 8.70. The van der Waals surface area contributed by atoms with Crippen LogP contribution in [0.25, 0.3) is 0 Å². The standard InChI is InChI=1S/C11H22/c1-4-7-11(3)8-5-6-10(2)9-11/h10H,4-9H2,1-3H3/t10-,11-/m0/s1. The van der Waals surface area contributed by atoms with Crippen molar-refractivity contribution in [3.8, 4) is 0 Å². The molecule has 0 aliphatic heterocycles. The van der Waals surface area contributed by atoms with E-state index in [2.05, 4.69) is 20.8 Å². The second kappa shape index (κ2) is 3.60. The molecule has 0 bridgehead atoms. The Bertz CT molecular complexity index is 113. The summed E-state index contributed by atoms with van der Waals surface area (Å²) in [7, 11) is 0. The van der Waals surface area contributed by atoms with Crippen molar-refractivity contribution in [2.75, 3.05) is 0 Å². The highest BCUT2D eigenvalue weighted by Crippen LogP contribution is 2.41. The van der Waals surface area contributed by atoms with Gasteiger partial charge in [-0.1, -0.05) is 40.0 Å². The van der Waals surface area contributed by atoms with Crippen LogP contribution in [0.1, 0.15) is 59.3 Å². The SMILES string of the molecule is CCC[C@@]1(C)CCC[C@H](C)C1. The largest absolute Gasteiger partial charge is 0.0654 e. The van der Waals surface area contributed by atoms with Gasteiger partial charge in [-0.3, -0.25) is 0 Å². The average molecular weight is 154 g/mol. The fourth-order valence-electron chi connectivity index (χ4n) is 2.75. The molecule has 0 saturated heterocycles. The molecule has 0 spiro atoms. The molecule has 1 saturated carbocycles. The lowest BCUT2D eigenvalue weighted by Gasteiger charge is -2.36. The molecule has 0 aromatic rings. The van der Waals surface area contributed by atoms with E-state index in [-0.39, 0.29) is 0 Å². The van der Waals surface area contributed by atoms with Crippen molar-refractivity contribution in [2.45, 2.75) is 59.3 Å². The summed E-state index contributed by atoms with van der Waals surface area (Å²) in [4.78, 5) is 0. The average Bonchev–Trinajstić information content (AvgIpc) is 1.86. The highest BCUT2D eigenvalue weighted by Gasteiger charge is 2.28. The first-order valence-corrected chi connectivity index (χ1v) is 5.16. The number of hydrogen-bond acceptors (Lipinski definition) is 0. The topological polar surface area (TPSA) is 0 Å². The molecule has 0 N–H and O–H groups in total. The van der Waals surface area contributed by atoms with Gasteiger partial charge in [0.2, 0.25) is 0 Å². The van der Waals surface area contributed by atoms with Crippen LogP contribution in [0.3, 0.4) is 0 Å². The molecule has 1 rings (SSSR count). The summed E-state index contributed by atoms with van der Waals surface area (Å²) < 4.78 is 0. The van der Waals surface area contributed by atoms with Crippen molar-refractivity contribution in [1.82, 2.24) is 0 Å². The maximum atomic E-state index is 2.48. The Morgan fingerprint density at radius 1 is 1.45 bits per heavy atom. The van der Waals surface area contributed by atoms with E-state index in [0.29, 0.717) is 5.41 Å². The first-order valence-electron chi connectivity index (χ1n) is 5.16. The van der Waals surface area contributed by atoms with E-state index >= 15 is 0 Å². The van der Waals surface area contributed by atoms with Crippen molar-refractivity contribution >= 4 is 0 Å². The van der Waals surface area contributed by atoms with Crippen LogP contribution in [0.5, 0.6) is 0 Å². The van der Waals surface area contributed by atoms with Crippen LogP contribution in [0.15, 0.2) is 0 Å². The Morgan fingerprint density at radius 2 is 2.18 bits per heavy atom. The monoisotopic (exact) mass is 154 g/mol. The summed E-state index contributed by atoms with van der Waals surface area (Å²) in [5.41, 5.74) is 0.701. The molecule has 0 aromatic heterocycles. The zero-order valence-electron chi connectivity index (χ0n) is 8.32. The Morgan fingerprint density at radius 3 is 2.73 bits per heavy atom. The van der Waals surface area contributed by atoms with Gasteiger partial charge in [-0.15, -0.1) is 0 Å². The minimum Gasteiger partial charge on any atom is -0.0654 e. The van der Waals surface area contributed by atoms with Gasteiger partial charge in [0.25, 0.3) is 0 Å². The lowest BCUT2D eigenvalue weighted by atomic mass is 9.69. The lowest BCUT2D eigenvalue weighted by molar-refractivity contribution is 0.154. The third-order valence-corrected chi connectivity index (χ3v) is 3.17. The molecule has 66 valence electrons. The first-order chi connectivity index (χ1) is 5.16. The third-order valence-electron chi connectivity index (χ3n) is 3.17. The molecule has 1 fully saturated rings. The summed E-state index contributed by atoms with van der Waals surface area (Å²) in [5, 5.41) is 0. The molecule has 0 heteroatoms. The van der Waals surface area contributed by atoms with Crippen LogP contribution < -0.4 is 0 Å². The maximum Gasteiger partial charge on any atom is -0.0323 e. The van der Waals surface area contributed by atoms with Gasteiger partial charge in [0.05, 0.1) is 0 Å². The van der Waals surface area contributed by atoms with Crippen molar-refractivity contribution in [1.29, 1.82) is 0 Å². The zero-order valence-corrected chi connectivity index (χ0v) is 8.32. The first kappa shape index (κ1) is 9.09. The lowest BCUT2D eigenvalue weighted by Crippen LogP contribution is -2.24. The van der Waals surface area contributed by atoms with Crippen molar-refractivity contribution < 1.29 is 0 Å². The number of rotatable bonds is 2.